The molecule has 28 heavy (non-hydrogen) atoms. The van der Waals surface area contributed by atoms with E-state index < -0.39 is 17.6 Å². The standard InChI is InChI=1S/C21H21FN4O2/c1-21(2,22)13-3-4-15-16(5-6-24-17(15)9-13)20(28)25-11-19(27)26-14(10-23)7-12-8-18(12)26/h3-6,9,12,14,18H,7-8,11H2,1-2H3,(H,25,28)/t12-,14+,18+/m1/s1. The van der Waals surface area contributed by atoms with Crippen molar-refractivity contribution in [3.8, 4) is 6.07 Å². The van der Waals surface area contributed by atoms with Gasteiger partial charge in [0.15, 0.2) is 0 Å². The molecule has 1 N–H and O–H groups in total. The summed E-state index contributed by atoms with van der Waals surface area (Å²) in [5.74, 6) is -0.194. The summed E-state index contributed by atoms with van der Waals surface area (Å²) in [4.78, 5) is 31.0. The van der Waals surface area contributed by atoms with Crippen molar-refractivity contribution in [2.75, 3.05) is 6.54 Å². The molecule has 0 bridgehead atoms. The monoisotopic (exact) mass is 380 g/mol. The van der Waals surface area contributed by atoms with Crippen molar-refractivity contribution in [3.05, 3.63) is 41.6 Å². The fraction of sp³-hybridized carbons (Fsp3) is 0.429. The zero-order valence-corrected chi connectivity index (χ0v) is 15.8. The van der Waals surface area contributed by atoms with Crippen LogP contribution < -0.4 is 5.32 Å². The Bertz CT molecular complexity index is 1010. The largest absolute Gasteiger partial charge is 0.343 e. The van der Waals surface area contributed by atoms with Crippen LogP contribution >= 0.6 is 0 Å². The van der Waals surface area contributed by atoms with Gasteiger partial charge in [0.05, 0.1) is 23.7 Å². The van der Waals surface area contributed by atoms with Crippen LogP contribution in [-0.2, 0) is 10.5 Å². The van der Waals surface area contributed by atoms with Gasteiger partial charge >= 0.3 is 0 Å². The van der Waals surface area contributed by atoms with Crippen molar-refractivity contribution in [1.29, 1.82) is 5.26 Å². The van der Waals surface area contributed by atoms with Crippen LogP contribution in [0.4, 0.5) is 4.39 Å². The quantitative estimate of drug-likeness (QED) is 0.884. The van der Waals surface area contributed by atoms with Gasteiger partial charge in [0, 0.05) is 17.6 Å². The number of hydrogen-bond acceptors (Lipinski definition) is 4. The lowest BCUT2D eigenvalue weighted by Crippen LogP contribution is -2.44. The van der Waals surface area contributed by atoms with Crippen LogP contribution in [0.25, 0.3) is 10.9 Å². The molecule has 6 nitrogen and oxygen atoms in total. The number of fused-ring (bicyclic) bond motifs is 2. The molecule has 0 unspecified atom stereocenters. The zero-order valence-electron chi connectivity index (χ0n) is 15.8. The maximum absolute atomic E-state index is 14.2. The maximum Gasteiger partial charge on any atom is 0.252 e. The van der Waals surface area contributed by atoms with Gasteiger partial charge in [-0.25, -0.2) is 4.39 Å². The van der Waals surface area contributed by atoms with Gasteiger partial charge in [-0.15, -0.1) is 0 Å². The van der Waals surface area contributed by atoms with Gasteiger partial charge < -0.3 is 10.2 Å². The number of carbonyl (C=O) groups excluding carboxylic acids is 2. The summed E-state index contributed by atoms with van der Waals surface area (Å²) in [6, 6.07) is 8.45. The molecule has 1 saturated heterocycles. The molecule has 2 heterocycles. The third kappa shape index (κ3) is 3.19. The van der Waals surface area contributed by atoms with Crippen LogP contribution in [-0.4, -0.2) is 40.3 Å². The maximum atomic E-state index is 14.2. The second kappa shape index (κ2) is 6.55. The molecule has 4 rings (SSSR count). The molecule has 1 saturated carbocycles. The van der Waals surface area contributed by atoms with E-state index in [1.165, 1.54) is 20.0 Å². The van der Waals surface area contributed by atoms with Crippen molar-refractivity contribution in [2.24, 2.45) is 5.92 Å². The van der Waals surface area contributed by atoms with E-state index in [1.807, 2.05) is 0 Å². The van der Waals surface area contributed by atoms with Crippen LogP contribution in [0, 0.1) is 17.2 Å². The Hall–Kier alpha value is -3.01. The van der Waals surface area contributed by atoms with Gasteiger partial charge in [-0.1, -0.05) is 12.1 Å². The van der Waals surface area contributed by atoms with Crippen molar-refractivity contribution in [3.63, 3.8) is 0 Å². The smallest absolute Gasteiger partial charge is 0.252 e. The highest BCUT2D eigenvalue weighted by Gasteiger charge is 2.53. The Morgan fingerprint density at radius 2 is 2.14 bits per heavy atom. The van der Waals surface area contributed by atoms with Gasteiger partial charge in [-0.3, -0.25) is 14.6 Å². The highest BCUT2D eigenvalue weighted by molar-refractivity contribution is 6.07. The molecule has 7 heteroatoms. The number of piperidine rings is 1. The molecule has 1 aromatic carbocycles. The van der Waals surface area contributed by atoms with Crippen LogP contribution in [0.3, 0.4) is 0 Å². The summed E-state index contributed by atoms with van der Waals surface area (Å²) >= 11 is 0. The number of nitrogens with zero attached hydrogens (tertiary/aromatic N) is 3. The molecule has 2 aliphatic rings. The SMILES string of the molecule is CC(C)(F)c1ccc2c(C(=O)NCC(=O)N3[C@H](C#N)C[C@@H]4C[C@@H]43)ccnc2c1. The summed E-state index contributed by atoms with van der Waals surface area (Å²) in [6.07, 6.45) is 3.16. The minimum atomic E-state index is -1.51. The molecule has 2 amide bonds. The highest BCUT2D eigenvalue weighted by Crippen LogP contribution is 2.47. The Balaban J connectivity index is 1.50. The summed E-state index contributed by atoms with van der Waals surface area (Å²) < 4.78 is 14.2. The Kier molecular flexibility index (Phi) is 4.30. The molecular weight excluding hydrogens is 359 g/mol. The molecular formula is C21H21FN4O2. The molecule has 2 aromatic rings. The van der Waals surface area contributed by atoms with Gasteiger partial charge in [0.25, 0.3) is 5.91 Å². The number of aromatic nitrogens is 1. The van der Waals surface area contributed by atoms with Crippen LogP contribution in [0.2, 0.25) is 0 Å². The van der Waals surface area contributed by atoms with Crippen molar-refractivity contribution >= 4 is 22.7 Å². The first-order chi connectivity index (χ1) is 13.3. The summed E-state index contributed by atoms with van der Waals surface area (Å²) in [5.41, 5.74) is -0.125. The number of benzene rings is 1. The third-order valence-corrected chi connectivity index (χ3v) is 5.62. The van der Waals surface area contributed by atoms with E-state index in [9.17, 15) is 19.2 Å². The second-order valence-corrected chi connectivity index (χ2v) is 7.99. The van der Waals surface area contributed by atoms with Gasteiger partial charge in [0.1, 0.15) is 11.7 Å². The van der Waals surface area contributed by atoms with E-state index in [0.717, 1.165) is 12.8 Å². The molecule has 144 valence electrons. The first-order valence-corrected chi connectivity index (χ1v) is 9.36. The van der Waals surface area contributed by atoms with Crippen LogP contribution in [0.5, 0.6) is 0 Å². The molecule has 1 aliphatic carbocycles. The van der Waals surface area contributed by atoms with Crippen molar-refractivity contribution < 1.29 is 14.0 Å². The molecule has 3 atom stereocenters. The van der Waals surface area contributed by atoms with E-state index in [2.05, 4.69) is 16.4 Å². The Morgan fingerprint density at radius 1 is 1.36 bits per heavy atom. The minimum Gasteiger partial charge on any atom is -0.343 e. The van der Waals surface area contributed by atoms with Crippen LogP contribution in [0.15, 0.2) is 30.5 Å². The lowest BCUT2D eigenvalue weighted by molar-refractivity contribution is -0.131. The van der Waals surface area contributed by atoms with Gasteiger partial charge in [-0.2, -0.15) is 5.26 Å². The number of alkyl halides is 1. The summed E-state index contributed by atoms with van der Waals surface area (Å²) in [6.45, 7) is 2.78. The molecule has 1 aromatic heterocycles. The normalized spacial score (nSPS) is 23.2. The number of carbonyl (C=O) groups is 2. The topological polar surface area (TPSA) is 86.1 Å². The number of amides is 2. The molecule has 1 aliphatic heterocycles. The van der Waals surface area contributed by atoms with E-state index in [-0.39, 0.29) is 18.5 Å². The van der Waals surface area contributed by atoms with Gasteiger partial charge in [-0.05, 0) is 50.3 Å². The van der Waals surface area contributed by atoms with Crippen LogP contribution in [0.1, 0.15) is 42.6 Å². The number of pyridine rings is 1. The van der Waals surface area contributed by atoms with E-state index in [0.29, 0.717) is 27.9 Å². The van der Waals surface area contributed by atoms with E-state index in [1.54, 1.807) is 29.2 Å². The Morgan fingerprint density at radius 3 is 2.86 bits per heavy atom. The fourth-order valence-corrected chi connectivity index (χ4v) is 3.99. The average molecular weight is 380 g/mol. The summed E-state index contributed by atoms with van der Waals surface area (Å²) in [5, 5.41) is 12.5. The Labute approximate surface area is 162 Å². The van der Waals surface area contributed by atoms with Gasteiger partial charge in [0.2, 0.25) is 5.91 Å². The number of halogens is 1. The lowest BCUT2D eigenvalue weighted by atomic mass is 9.97. The second-order valence-electron chi connectivity index (χ2n) is 7.99. The molecule has 2 fully saturated rings. The highest BCUT2D eigenvalue weighted by atomic mass is 19.1. The van der Waals surface area contributed by atoms with E-state index >= 15 is 0 Å². The predicted octanol–water partition coefficient (Wildman–Crippen LogP) is 2.68. The van der Waals surface area contributed by atoms with E-state index in [4.69, 9.17) is 0 Å². The number of nitrogens with one attached hydrogen (secondary N) is 1. The minimum absolute atomic E-state index is 0.151. The lowest BCUT2D eigenvalue weighted by Gasteiger charge is -2.22. The molecule has 0 spiro atoms. The van der Waals surface area contributed by atoms with Crippen molar-refractivity contribution in [1.82, 2.24) is 15.2 Å². The third-order valence-electron chi connectivity index (χ3n) is 5.62. The number of hydrogen-bond donors (Lipinski definition) is 1. The number of nitriles is 1. The zero-order chi connectivity index (χ0) is 20.1. The molecule has 0 radical (unpaired) electrons. The predicted molar refractivity (Wildman–Crippen MR) is 101 cm³/mol. The summed E-state index contributed by atoms with van der Waals surface area (Å²) in [7, 11) is 0. The average Bonchev–Trinajstić information content (AvgIpc) is 3.33. The first kappa shape index (κ1) is 18.4. The first-order valence-electron chi connectivity index (χ1n) is 9.36. The number of rotatable bonds is 4. The van der Waals surface area contributed by atoms with Crippen molar-refractivity contribution in [2.45, 2.75) is 44.4 Å². The fourth-order valence-electron chi connectivity index (χ4n) is 3.99. The number of likely N-dealkylation sites (tertiary alicyclic amines) is 1.